The molecular weight excluding hydrogens is 174 g/mol. The lowest BCUT2D eigenvalue weighted by molar-refractivity contribution is -0.111. The second kappa shape index (κ2) is 4.36. The van der Waals surface area contributed by atoms with Crippen LogP contribution in [0.2, 0.25) is 0 Å². The molecule has 0 amide bonds. The van der Waals surface area contributed by atoms with E-state index in [4.69, 9.17) is 1.37 Å². The SMILES string of the molecule is [2H]C(=O)CC1CCCCC#CC1(F)F. The highest BCUT2D eigenvalue weighted by atomic mass is 19.3. The van der Waals surface area contributed by atoms with Crippen molar-refractivity contribution >= 4 is 6.26 Å². The van der Waals surface area contributed by atoms with Gasteiger partial charge in [0, 0.05) is 18.8 Å². The third-order valence-corrected chi connectivity index (χ3v) is 2.20. The number of hydrogen-bond acceptors (Lipinski definition) is 1. The fourth-order valence-corrected chi connectivity index (χ4v) is 1.40. The van der Waals surface area contributed by atoms with Crippen molar-refractivity contribution in [2.24, 2.45) is 5.92 Å². The summed E-state index contributed by atoms with van der Waals surface area (Å²) >= 11 is 0. The molecule has 1 rings (SSSR count). The minimum atomic E-state index is -3.10. The molecule has 1 unspecified atom stereocenters. The monoisotopic (exact) mass is 187 g/mol. The van der Waals surface area contributed by atoms with Crippen LogP contribution in [0.1, 0.15) is 33.5 Å². The van der Waals surface area contributed by atoms with Crippen molar-refractivity contribution in [2.45, 2.75) is 38.0 Å². The van der Waals surface area contributed by atoms with E-state index in [0.717, 1.165) is 6.42 Å². The zero-order chi connectivity index (χ0) is 10.6. The summed E-state index contributed by atoms with van der Waals surface area (Å²) in [6.45, 7) is 0. The first-order valence-electron chi connectivity index (χ1n) is 4.89. The molecule has 0 radical (unpaired) electrons. The number of hydrogen-bond donors (Lipinski definition) is 0. The van der Waals surface area contributed by atoms with E-state index in [0.29, 0.717) is 12.8 Å². The Labute approximate surface area is 77.9 Å². The Balaban J connectivity index is 2.75. The maximum atomic E-state index is 13.3. The quantitative estimate of drug-likeness (QED) is 0.479. The molecule has 0 saturated heterocycles. The number of carbonyl (C=O) groups is 1. The van der Waals surface area contributed by atoms with Crippen molar-refractivity contribution in [3.05, 3.63) is 0 Å². The van der Waals surface area contributed by atoms with Gasteiger partial charge in [0.05, 0.1) is 0 Å². The van der Waals surface area contributed by atoms with Crippen molar-refractivity contribution in [3.8, 4) is 11.8 Å². The summed E-state index contributed by atoms with van der Waals surface area (Å²) in [5.41, 5.74) is 0. The van der Waals surface area contributed by atoms with E-state index >= 15 is 0 Å². The normalized spacial score (nSPS) is 27.5. The average Bonchev–Trinajstić information content (AvgIpc) is 2.05. The first-order chi connectivity index (χ1) is 6.52. The summed E-state index contributed by atoms with van der Waals surface area (Å²) in [6.07, 6.45) is 0.913. The van der Waals surface area contributed by atoms with Crippen molar-refractivity contribution in [1.29, 1.82) is 0 Å². The summed E-state index contributed by atoms with van der Waals surface area (Å²) in [6, 6.07) is 0. The molecule has 0 spiro atoms. The molecule has 0 aromatic carbocycles. The highest BCUT2D eigenvalue weighted by molar-refractivity contribution is 5.50. The Morgan fingerprint density at radius 1 is 1.62 bits per heavy atom. The maximum Gasteiger partial charge on any atom is 0.311 e. The average molecular weight is 187 g/mol. The van der Waals surface area contributed by atoms with Crippen LogP contribution in [0.3, 0.4) is 0 Å². The van der Waals surface area contributed by atoms with Crippen LogP contribution >= 0.6 is 0 Å². The summed E-state index contributed by atoms with van der Waals surface area (Å²) in [5, 5.41) is 0. The standard InChI is InChI=1S/C10H12F2O/c11-10(12)7-4-2-1-3-5-9(10)6-8-13/h8-9H,1-3,5-6H2/i8D. The molecule has 0 aromatic rings. The van der Waals surface area contributed by atoms with Crippen LogP contribution in [-0.4, -0.2) is 12.2 Å². The van der Waals surface area contributed by atoms with Gasteiger partial charge < -0.3 is 4.79 Å². The van der Waals surface area contributed by atoms with Crippen LogP contribution in [0.5, 0.6) is 0 Å². The Hall–Kier alpha value is -0.910. The van der Waals surface area contributed by atoms with Gasteiger partial charge in [0.1, 0.15) is 7.63 Å². The number of aldehydes is 1. The fourth-order valence-electron chi connectivity index (χ4n) is 1.40. The predicted octanol–water partition coefficient (Wildman–Crippen LogP) is 2.40. The van der Waals surface area contributed by atoms with Gasteiger partial charge in [-0.1, -0.05) is 12.3 Å². The zero-order valence-electron chi connectivity index (χ0n) is 8.28. The van der Waals surface area contributed by atoms with Gasteiger partial charge in [0.25, 0.3) is 0 Å². The molecule has 0 saturated carbocycles. The van der Waals surface area contributed by atoms with Gasteiger partial charge in [-0.05, 0) is 18.8 Å². The third kappa shape index (κ3) is 2.80. The molecule has 0 N–H and O–H groups in total. The largest absolute Gasteiger partial charge is 0.311 e. The molecule has 1 aliphatic carbocycles. The van der Waals surface area contributed by atoms with Crippen LogP contribution in [0, 0.1) is 17.8 Å². The van der Waals surface area contributed by atoms with Gasteiger partial charge in [-0.2, -0.15) is 8.78 Å². The summed E-state index contributed by atoms with van der Waals surface area (Å²) in [5.74, 6) is 0.136. The smallest absolute Gasteiger partial charge is 0.303 e. The molecule has 0 aliphatic heterocycles. The molecule has 1 atom stereocenters. The van der Waals surface area contributed by atoms with Gasteiger partial charge >= 0.3 is 5.92 Å². The second-order valence-corrected chi connectivity index (χ2v) is 3.22. The van der Waals surface area contributed by atoms with Gasteiger partial charge in [-0.15, -0.1) is 0 Å². The lowest BCUT2D eigenvalue weighted by Gasteiger charge is -2.21. The number of halogens is 2. The maximum absolute atomic E-state index is 13.3. The third-order valence-electron chi connectivity index (χ3n) is 2.20. The second-order valence-electron chi connectivity index (χ2n) is 3.22. The van der Waals surface area contributed by atoms with Gasteiger partial charge in [-0.25, -0.2) is 0 Å². The van der Waals surface area contributed by atoms with Crippen LogP contribution in [0.25, 0.3) is 0 Å². The fraction of sp³-hybridized carbons (Fsp3) is 0.700. The van der Waals surface area contributed by atoms with E-state index in [-0.39, 0.29) is 12.8 Å². The first kappa shape index (κ1) is 8.68. The molecule has 1 aliphatic rings. The predicted molar refractivity (Wildman–Crippen MR) is 45.4 cm³/mol. The van der Waals surface area contributed by atoms with E-state index in [2.05, 4.69) is 5.92 Å². The van der Waals surface area contributed by atoms with E-state index in [1.165, 1.54) is 0 Å². The highest BCUT2D eigenvalue weighted by Crippen LogP contribution is 2.31. The lowest BCUT2D eigenvalue weighted by atomic mass is 9.90. The first-order valence-corrected chi connectivity index (χ1v) is 4.39. The van der Waals surface area contributed by atoms with Gasteiger partial charge in [0.15, 0.2) is 0 Å². The van der Waals surface area contributed by atoms with Crippen molar-refractivity contribution in [2.75, 3.05) is 0 Å². The highest BCUT2D eigenvalue weighted by Gasteiger charge is 2.37. The minimum absolute atomic E-state index is 0.284. The van der Waals surface area contributed by atoms with Crippen LogP contribution in [-0.2, 0) is 4.79 Å². The molecule has 72 valence electrons. The molecule has 0 aromatic heterocycles. The van der Waals surface area contributed by atoms with Crippen LogP contribution in [0.4, 0.5) is 8.78 Å². The topological polar surface area (TPSA) is 17.1 Å². The van der Waals surface area contributed by atoms with Crippen molar-refractivity contribution in [1.82, 2.24) is 0 Å². The molecule has 0 fully saturated rings. The van der Waals surface area contributed by atoms with Crippen molar-refractivity contribution < 1.29 is 14.9 Å². The van der Waals surface area contributed by atoms with E-state index in [1.807, 2.05) is 5.92 Å². The van der Waals surface area contributed by atoms with Crippen LogP contribution in [0.15, 0.2) is 0 Å². The Morgan fingerprint density at radius 3 is 3.08 bits per heavy atom. The van der Waals surface area contributed by atoms with E-state index < -0.39 is 18.1 Å². The Bertz CT molecular complexity index is 278. The molecule has 1 nitrogen and oxygen atoms in total. The van der Waals surface area contributed by atoms with Crippen molar-refractivity contribution in [3.63, 3.8) is 0 Å². The Morgan fingerprint density at radius 2 is 2.38 bits per heavy atom. The van der Waals surface area contributed by atoms with E-state index in [9.17, 15) is 13.6 Å². The van der Waals surface area contributed by atoms with E-state index in [1.54, 1.807) is 0 Å². The molecular formula is C10H12F2O. The molecule has 0 heterocycles. The van der Waals surface area contributed by atoms with Gasteiger partial charge in [-0.3, -0.25) is 0 Å². The lowest BCUT2D eigenvalue weighted by Crippen LogP contribution is -2.27. The minimum Gasteiger partial charge on any atom is -0.303 e. The Kier molecular flexibility index (Phi) is 2.91. The number of carbonyl (C=O) groups excluding carboxylic acids is 1. The zero-order valence-corrected chi connectivity index (χ0v) is 7.28. The molecule has 13 heavy (non-hydrogen) atoms. The van der Waals surface area contributed by atoms with Crippen LogP contribution < -0.4 is 0 Å². The number of rotatable bonds is 2. The summed E-state index contributed by atoms with van der Waals surface area (Å²) < 4.78 is 33.2. The summed E-state index contributed by atoms with van der Waals surface area (Å²) in [7, 11) is 0. The number of alkyl halides is 2. The molecule has 3 heteroatoms. The molecule has 0 bridgehead atoms. The summed E-state index contributed by atoms with van der Waals surface area (Å²) in [4.78, 5) is 10.5. The van der Waals surface area contributed by atoms with Gasteiger partial charge in [0.2, 0.25) is 0 Å².